The third-order valence-corrected chi connectivity index (χ3v) is 5.43. The van der Waals surface area contributed by atoms with Crippen LogP contribution in [0.4, 0.5) is 0 Å². The van der Waals surface area contributed by atoms with Gasteiger partial charge in [0.25, 0.3) is 0 Å². The number of hydrogen-bond acceptors (Lipinski definition) is 3. The van der Waals surface area contributed by atoms with E-state index in [0.29, 0.717) is 18.9 Å². The van der Waals surface area contributed by atoms with E-state index in [1.807, 2.05) is 42.2 Å². The van der Waals surface area contributed by atoms with E-state index in [1.165, 1.54) is 0 Å². The molecule has 2 fully saturated rings. The monoisotopic (exact) mass is 329 g/mol. The molecule has 0 spiro atoms. The number of nitrogens with zero attached hydrogens (tertiary/aromatic N) is 1. The van der Waals surface area contributed by atoms with Crippen molar-refractivity contribution in [2.24, 2.45) is 11.8 Å². The summed E-state index contributed by atoms with van der Waals surface area (Å²) in [5.41, 5.74) is 1.11. The number of hydrogen-bond donors (Lipinski definition) is 2. The summed E-state index contributed by atoms with van der Waals surface area (Å²) in [4.78, 5) is 26.8. The molecule has 130 valence electrons. The molecule has 0 saturated carbocycles. The summed E-state index contributed by atoms with van der Waals surface area (Å²) in [6.45, 7) is 6.54. The summed E-state index contributed by atoms with van der Waals surface area (Å²) < 4.78 is 0. The van der Waals surface area contributed by atoms with E-state index in [4.69, 9.17) is 0 Å². The number of benzene rings is 1. The van der Waals surface area contributed by atoms with Gasteiger partial charge in [-0.1, -0.05) is 37.3 Å². The first-order valence-electron chi connectivity index (χ1n) is 8.91. The molecule has 2 amide bonds. The first-order chi connectivity index (χ1) is 11.6. The van der Waals surface area contributed by atoms with Crippen LogP contribution < -0.4 is 10.6 Å². The Hall–Kier alpha value is -1.88. The third-order valence-electron chi connectivity index (χ3n) is 5.43. The zero-order valence-electron chi connectivity index (χ0n) is 14.5. The number of carbonyl (C=O) groups is 2. The van der Waals surface area contributed by atoms with E-state index in [9.17, 15) is 9.59 Å². The molecule has 0 aromatic heterocycles. The van der Waals surface area contributed by atoms with Crippen molar-refractivity contribution in [3.05, 3.63) is 35.9 Å². The number of likely N-dealkylation sites (tertiary alicyclic amines) is 1. The molecule has 0 bridgehead atoms. The molecular formula is C19H27N3O2. The van der Waals surface area contributed by atoms with Crippen LogP contribution in [0.1, 0.15) is 38.3 Å². The molecule has 2 N–H and O–H groups in total. The van der Waals surface area contributed by atoms with E-state index in [0.717, 1.165) is 25.1 Å². The van der Waals surface area contributed by atoms with Crippen LogP contribution in [0.15, 0.2) is 30.3 Å². The summed E-state index contributed by atoms with van der Waals surface area (Å²) in [6, 6.07) is 10.2. The maximum atomic E-state index is 12.6. The Balaban J connectivity index is 1.60. The van der Waals surface area contributed by atoms with Crippen molar-refractivity contribution in [1.82, 2.24) is 15.5 Å². The van der Waals surface area contributed by atoms with E-state index in [2.05, 4.69) is 17.6 Å². The molecule has 1 aromatic carbocycles. The number of carbonyl (C=O) groups excluding carboxylic acids is 2. The second-order valence-corrected chi connectivity index (χ2v) is 7.12. The van der Waals surface area contributed by atoms with Gasteiger partial charge < -0.3 is 15.5 Å². The Morgan fingerprint density at radius 3 is 2.79 bits per heavy atom. The smallest absolute Gasteiger partial charge is 0.225 e. The third kappa shape index (κ3) is 3.61. The molecule has 1 aromatic rings. The zero-order chi connectivity index (χ0) is 17.1. The second-order valence-electron chi connectivity index (χ2n) is 7.12. The van der Waals surface area contributed by atoms with Crippen LogP contribution in [0.25, 0.3) is 0 Å². The molecule has 0 aliphatic carbocycles. The van der Waals surface area contributed by atoms with E-state index >= 15 is 0 Å². The molecule has 2 saturated heterocycles. The fraction of sp³-hybridized carbons (Fsp3) is 0.579. The fourth-order valence-electron chi connectivity index (χ4n) is 3.68. The van der Waals surface area contributed by atoms with E-state index < -0.39 is 0 Å². The molecule has 2 heterocycles. The molecule has 2 aliphatic heterocycles. The van der Waals surface area contributed by atoms with Crippen molar-refractivity contribution in [1.29, 1.82) is 0 Å². The average molecular weight is 329 g/mol. The van der Waals surface area contributed by atoms with Crippen molar-refractivity contribution in [3.8, 4) is 0 Å². The van der Waals surface area contributed by atoms with Crippen molar-refractivity contribution in [2.75, 3.05) is 19.6 Å². The molecule has 3 rings (SSSR count). The lowest BCUT2D eigenvalue weighted by Gasteiger charge is -2.31. The molecule has 5 heteroatoms. The average Bonchev–Trinajstić information content (AvgIpc) is 2.99. The number of rotatable bonds is 4. The molecule has 4 unspecified atom stereocenters. The fourth-order valence-corrected chi connectivity index (χ4v) is 3.68. The van der Waals surface area contributed by atoms with Crippen LogP contribution in [0.3, 0.4) is 0 Å². The summed E-state index contributed by atoms with van der Waals surface area (Å²) in [5, 5.41) is 6.48. The SMILES string of the molecule is CC1CCNCC1NC(=O)C1CC(=O)N(C(C)c2ccccc2)C1. The molecule has 2 aliphatic rings. The van der Waals surface area contributed by atoms with Gasteiger partial charge >= 0.3 is 0 Å². The van der Waals surface area contributed by atoms with Crippen molar-refractivity contribution in [2.45, 2.75) is 38.8 Å². The standard InChI is InChI=1S/C19H27N3O2/c1-13-8-9-20-11-17(13)21-19(24)16-10-18(23)22(12-16)14(2)15-6-4-3-5-7-15/h3-7,13-14,16-17,20H,8-12H2,1-2H3,(H,21,24). The minimum absolute atomic E-state index is 0.00627. The van der Waals surface area contributed by atoms with Crippen molar-refractivity contribution < 1.29 is 9.59 Å². The minimum Gasteiger partial charge on any atom is -0.352 e. The van der Waals surface area contributed by atoms with Crippen molar-refractivity contribution in [3.63, 3.8) is 0 Å². The number of piperidine rings is 1. The van der Waals surface area contributed by atoms with Gasteiger partial charge in [-0.15, -0.1) is 0 Å². The van der Waals surface area contributed by atoms with E-state index in [-0.39, 0.29) is 29.8 Å². The summed E-state index contributed by atoms with van der Waals surface area (Å²) in [6.07, 6.45) is 1.39. The Labute approximate surface area is 143 Å². The molecule has 0 radical (unpaired) electrons. The van der Waals surface area contributed by atoms with Crippen LogP contribution in [-0.4, -0.2) is 42.4 Å². The first-order valence-corrected chi connectivity index (χ1v) is 8.91. The highest BCUT2D eigenvalue weighted by Gasteiger charge is 2.38. The lowest BCUT2D eigenvalue weighted by atomic mass is 9.94. The number of amides is 2. The maximum absolute atomic E-state index is 12.6. The zero-order valence-corrected chi connectivity index (χ0v) is 14.5. The van der Waals surface area contributed by atoms with Gasteiger partial charge in [0.2, 0.25) is 11.8 Å². The van der Waals surface area contributed by atoms with Crippen LogP contribution in [0.2, 0.25) is 0 Å². The van der Waals surface area contributed by atoms with Crippen molar-refractivity contribution >= 4 is 11.8 Å². The highest BCUT2D eigenvalue weighted by atomic mass is 16.2. The van der Waals surface area contributed by atoms with Gasteiger partial charge in [-0.05, 0) is 31.4 Å². The number of nitrogens with one attached hydrogen (secondary N) is 2. The van der Waals surface area contributed by atoms with Crippen LogP contribution in [-0.2, 0) is 9.59 Å². The van der Waals surface area contributed by atoms with Gasteiger partial charge in [-0.3, -0.25) is 9.59 Å². The molecule has 4 atom stereocenters. The Bertz CT molecular complexity index is 590. The second kappa shape index (κ2) is 7.34. The predicted octanol–water partition coefficient (Wildman–Crippen LogP) is 1.71. The summed E-state index contributed by atoms with van der Waals surface area (Å²) in [7, 11) is 0. The Morgan fingerprint density at radius 1 is 1.33 bits per heavy atom. The van der Waals surface area contributed by atoms with Gasteiger partial charge in [0, 0.05) is 25.6 Å². The molecule has 24 heavy (non-hydrogen) atoms. The van der Waals surface area contributed by atoms with Crippen LogP contribution >= 0.6 is 0 Å². The van der Waals surface area contributed by atoms with Crippen LogP contribution in [0, 0.1) is 11.8 Å². The maximum Gasteiger partial charge on any atom is 0.225 e. The lowest BCUT2D eigenvalue weighted by molar-refractivity contribution is -0.130. The van der Waals surface area contributed by atoms with Gasteiger partial charge in [-0.2, -0.15) is 0 Å². The Kier molecular flexibility index (Phi) is 5.19. The molecule has 5 nitrogen and oxygen atoms in total. The largest absolute Gasteiger partial charge is 0.352 e. The van der Waals surface area contributed by atoms with Crippen LogP contribution in [0.5, 0.6) is 0 Å². The van der Waals surface area contributed by atoms with E-state index in [1.54, 1.807) is 0 Å². The minimum atomic E-state index is -0.238. The topological polar surface area (TPSA) is 61.4 Å². The summed E-state index contributed by atoms with van der Waals surface area (Å²) in [5.74, 6) is 0.331. The highest BCUT2D eigenvalue weighted by Crippen LogP contribution is 2.28. The predicted molar refractivity (Wildman–Crippen MR) is 93.3 cm³/mol. The first kappa shape index (κ1) is 17.0. The quantitative estimate of drug-likeness (QED) is 0.884. The van der Waals surface area contributed by atoms with Gasteiger partial charge in [0.05, 0.1) is 12.0 Å². The van der Waals surface area contributed by atoms with Gasteiger partial charge in [0.15, 0.2) is 0 Å². The van der Waals surface area contributed by atoms with Gasteiger partial charge in [0.1, 0.15) is 0 Å². The Morgan fingerprint density at radius 2 is 2.08 bits per heavy atom. The van der Waals surface area contributed by atoms with Gasteiger partial charge in [-0.25, -0.2) is 0 Å². The summed E-state index contributed by atoms with van der Waals surface area (Å²) >= 11 is 0. The molecular weight excluding hydrogens is 302 g/mol. The highest BCUT2D eigenvalue weighted by molar-refractivity contribution is 5.89. The lowest BCUT2D eigenvalue weighted by Crippen LogP contribution is -2.51. The normalized spacial score (nSPS) is 28.7.